The molecular formula is C15H17NOS. The van der Waals surface area contributed by atoms with Crippen LogP contribution in [0.4, 0.5) is 5.69 Å². The molecule has 0 aliphatic heterocycles. The van der Waals surface area contributed by atoms with E-state index in [4.69, 9.17) is 10.5 Å². The van der Waals surface area contributed by atoms with Crippen molar-refractivity contribution in [1.82, 2.24) is 0 Å². The van der Waals surface area contributed by atoms with Gasteiger partial charge in [-0.15, -0.1) is 0 Å². The van der Waals surface area contributed by atoms with Gasteiger partial charge in [0.25, 0.3) is 0 Å². The summed E-state index contributed by atoms with van der Waals surface area (Å²) in [5.74, 6) is 0.727. The predicted molar refractivity (Wildman–Crippen MR) is 77.4 cm³/mol. The molecule has 2 nitrogen and oxygen atoms in total. The number of methoxy groups -OCH3 is 1. The maximum atomic E-state index is 5.81. The fourth-order valence-electron chi connectivity index (χ4n) is 1.80. The van der Waals surface area contributed by atoms with Crippen molar-refractivity contribution in [2.45, 2.75) is 23.6 Å². The Balaban J connectivity index is 2.28. The Morgan fingerprint density at radius 1 is 1.06 bits per heavy atom. The van der Waals surface area contributed by atoms with E-state index in [1.807, 2.05) is 18.2 Å². The molecule has 18 heavy (non-hydrogen) atoms. The number of rotatable bonds is 3. The van der Waals surface area contributed by atoms with Gasteiger partial charge in [-0.1, -0.05) is 29.5 Å². The van der Waals surface area contributed by atoms with Crippen LogP contribution in [0.5, 0.6) is 5.75 Å². The van der Waals surface area contributed by atoms with Crippen molar-refractivity contribution < 1.29 is 4.74 Å². The summed E-state index contributed by atoms with van der Waals surface area (Å²) in [6.07, 6.45) is 0. The van der Waals surface area contributed by atoms with Crippen molar-refractivity contribution >= 4 is 17.4 Å². The van der Waals surface area contributed by atoms with Crippen molar-refractivity contribution in [3.8, 4) is 5.75 Å². The SMILES string of the molecule is COc1cc(Sc2ccc(C)cc2C)ccc1N. The lowest BCUT2D eigenvalue weighted by atomic mass is 10.2. The molecule has 94 valence electrons. The summed E-state index contributed by atoms with van der Waals surface area (Å²) in [6, 6.07) is 12.3. The van der Waals surface area contributed by atoms with Gasteiger partial charge in [0.15, 0.2) is 0 Å². The van der Waals surface area contributed by atoms with Gasteiger partial charge in [0.2, 0.25) is 0 Å². The summed E-state index contributed by atoms with van der Waals surface area (Å²) in [4.78, 5) is 2.39. The molecule has 0 aliphatic carbocycles. The summed E-state index contributed by atoms with van der Waals surface area (Å²) < 4.78 is 5.23. The third-order valence-electron chi connectivity index (χ3n) is 2.76. The number of anilines is 1. The van der Waals surface area contributed by atoms with Crippen LogP contribution in [0.2, 0.25) is 0 Å². The van der Waals surface area contributed by atoms with Crippen LogP contribution in [0, 0.1) is 13.8 Å². The molecular weight excluding hydrogens is 242 g/mol. The van der Waals surface area contributed by atoms with Crippen LogP contribution >= 0.6 is 11.8 Å². The number of hydrogen-bond acceptors (Lipinski definition) is 3. The summed E-state index contributed by atoms with van der Waals surface area (Å²) >= 11 is 1.73. The van der Waals surface area contributed by atoms with Crippen LogP contribution in [0.15, 0.2) is 46.2 Å². The van der Waals surface area contributed by atoms with Gasteiger partial charge in [0.05, 0.1) is 12.8 Å². The topological polar surface area (TPSA) is 35.2 Å². The van der Waals surface area contributed by atoms with E-state index >= 15 is 0 Å². The monoisotopic (exact) mass is 259 g/mol. The first kappa shape index (κ1) is 12.8. The summed E-state index contributed by atoms with van der Waals surface area (Å²) in [6.45, 7) is 4.23. The second-order valence-corrected chi connectivity index (χ2v) is 5.39. The zero-order valence-corrected chi connectivity index (χ0v) is 11.7. The summed E-state index contributed by atoms with van der Waals surface area (Å²) in [7, 11) is 1.64. The predicted octanol–water partition coefficient (Wildman–Crippen LogP) is 4.05. The van der Waals surface area contributed by atoms with Crippen molar-refractivity contribution in [1.29, 1.82) is 0 Å². The van der Waals surface area contributed by atoms with Gasteiger partial charge >= 0.3 is 0 Å². The smallest absolute Gasteiger partial charge is 0.142 e. The highest BCUT2D eigenvalue weighted by molar-refractivity contribution is 7.99. The van der Waals surface area contributed by atoms with E-state index < -0.39 is 0 Å². The van der Waals surface area contributed by atoms with E-state index in [2.05, 4.69) is 32.0 Å². The molecule has 0 saturated heterocycles. The molecule has 0 fully saturated rings. The van der Waals surface area contributed by atoms with E-state index in [1.54, 1.807) is 18.9 Å². The number of aryl methyl sites for hydroxylation is 2. The lowest BCUT2D eigenvalue weighted by molar-refractivity contribution is 0.416. The van der Waals surface area contributed by atoms with E-state index in [0.29, 0.717) is 5.69 Å². The minimum absolute atomic E-state index is 0.669. The zero-order valence-electron chi connectivity index (χ0n) is 10.9. The van der Waals surface area contributed by atoms with Gasteiger partial charge in [-0.25, -0.2) is 0 Å². The highest BCUT2D eigenvalue weighted by atomic mass is 32.2. The first-order valence-corrected chi connectivity index (χ1v) is 6.60. The van der Waals surface area contributed by atoms with Crippen LogP contribution in [0.1, 0.15) is 11.1 Å². The van der Waals surface area contributed by atoms with Crippen LogP contribution in [-0.2, 0) is 0 Å². The third kappa shape index (κ3) is 2.79. The van der Waals surface area contributed by atoms with E-state index in [0.717, 1.165) is 10.6 Å². The lowest BCUT2D eigenvalue weighted by Gasteiger charge is -2.09. The van der Waals surface area contributed by atoms with E-state index in [1.165, 1.54) is 16.0 Å². The van der Waals surface area contributed by atoms with Crippen molar-refractivity contribution in [2.24, 2.45) is 0 Å². The van der Waals surface area contributed by atoms with Crippen molar-refractivity contribution in [3.63, 3.8) is 0 Å². The molecule has 0 atom stereocenters. The summed E-state index contributed by atoms with van der Waals surface area (Å²) in [5.41, 5.74) is 9.05. The highest BCUT2D eigenvalue weighted by Gasteiger charge is 2.05. The second-order valence-electron chi connectivity index (χ2n) is 4.27. The first-order chi connectivity index (χ1) is 8.60. The third-order valence-corrected chi connectivity index (χ3v) is 3.93. The van der Waals surface area contributed by atoms with E-state index in [9.17, 15) is 0 Å². The molecule has 0 saturated carbocycles. The molecule has 0 aliphatic rings. The fraction of sp³-hybridized carbons (Fsp3) is 0.200. The van der Waals surface area contributed by atoms with Gasteiger partial charge in [-0.3, -0.25) is 0 Å². The Bertz CT molecular complexity index is 566. The summed E-state index contributed by atoms with van der Waals surface area (Å²) in [5, 5.41) is 0. The van der Waals surface area contributed by atoms with Gasteiger partial charge < -0.3 is 10.5 Å². The molecule has 0 unspecified atom stereocenters. The number of nitrogens with two attached hydrogens (primary N) is 1. The van der Waals surface area contributed by atoms with Crippen LogP contribution in [0.3, 0.4) is 0 Å². The molecule has 2 rings (SSSR count). The second kappa shape index (κ2) is 5.36. The first-order valence-electron chi connectivity index (χ1n) is 5.79. The van der Waals surface area contributed by atoms with Crippen LogP contribution in [-0.4, -0.2) is 7.11 Å². The highest BCUT2D eigenvalue weighted by Crippen LogP contribution is 2.34. The molecule has 0 amide bonds. The maximum absolute atomic E-state index is 5.81. The largest absolute Gasteiger partial charge is 0.495 e. The lowest BCUT2D eigenvalue weighted by Crippen LogP contribution is -1.92. The van der Waals surface area contributed by atoms with Crippen LogP contribution in [0.25, 0.3) is 0 Å². The quantitative estimate of drug-likeness (QED) is 0.845. The standard InChI is InChI=1S/C15H17NOS/c1-10-4-7-15(11(2)8-10)18-12-5-6-13(16)14(9-12)17-3/h4-9H,16H2,1-3H3. The number of nitrogen functional groups attached to an aromatic ring is 1. The van der Waals surface area contributed by atoms with Crippen LogP contribution < -0.4 is 10.5 Å². The Kier molecular flexibility index (Phi) is 3.82. The molecule has 0 radical (unpaired) electrons. The minimum Gasteiger partial charge on any atom is -0.495 e. The van der Waals surface area contributed by atoms with Gasteiger partial charge in [0.1, 0.15) is 5.75 Å². The molecule has 0 heterocycles. The maximum Gasteiger partial charge on any atom is 0.142 e. The molecule has 3 heteroatoms. The number of ether oxygens (including phenoxy) is 1. The zero-order chi connectivity index (χ0) is 13.1. The molecule has 2 N–H and O–H groups in total. The average Bonchev–Trinajstić information content (AvgIpc) is 2.35. The van der Waals surface area contributed by atoms with Crippen molar-refractivity contribution in [3.05, 3.63) is 47.5 Å². The number of benzene rings is 2. The van der Waals surface area contributed by atoms with E-state index in [-0.39, 0.29) is 0 Å². The molecule has 0 bridgehead atoms. The molecule has 0 aromatic heterocycles. The van der Waals surface area contributed by atoms with Gasteiger partial charge in [-0.05, 0) is 43.7 Å². The fourth-order valence-corrected chi connectivity index (χ4v) is 2.71. The van der Waals surface area contributed by atoms with Gasteiger partial charge in [-0.2, -0.15) is 0 Å². The van der Waals surface area contributed by atoms with Gasteiger partial charge in [0, 0.05) is 9.79 Å². The number of hydrogen-bond donors (Lipinski definition) is 1. The molecule has 0 spiro atoms. The Morgan fingerprint density at radius 3 is 2.50 bits per heavy atom. The normalized spacial score (nSPS) is 10.4. The molecule has 2 aromatic carbocycles. The Morgan fingerprint density at radius 2 is 1.83 bits per heavy atom. The Labute approximate surface area is 112 Å². The molecule has 2 aromatic rings. The van der Waals surface area contributed by atoms with Crippen molar-refractivity contribution in [2.75, 3.05) is 12.8 Å². The Hall–Kier alpha value is -1.61. The average molecular weight is 259 g/mol. The minimum atomic E-state index is 0.669.